The smallest absolute Gasteiger partial charge is 0.201 e. The van der Waals surface area contributed by atoms with Gasteiger partial charge in [-0.25, -0.2) is 0 Å². The van der Waals surface area contributed by atoms with Crippen LogP contribution in [0.5, 0.6) is 11.5 Å². The lowest BCUT2D eigenvalue weighted by Gasteiger charge is -2.07. The molecule has 0 aliphatic rings. The molecule has 0 aliphatic carbocycles. The van der Waals surface area contributed by atoms with Gasteiger partial charge in [-0.3, -0.25) is 4.79 Å². The van der Waals surface area contributed by atoms with Crippen LogP contribution in [0.3, 0.4) is 0 Å². The van der Waals surface area contributed by atoms with Gasteiger partial charge in [0.1, 0.15) is 11.5 Å². The Morgan fingerprint density at radius 2 is 1.75 bits per heavy atom. The number of aryl methyl sites for hydroxylation is 1. The first-order chi connectivity index (χ1) is 9.69. The van der Waals surface area contributed by atoms with E-state index >= 15 is 0 Å². The lowest BCUT2D eigenvalue weighted by atomic mass is 10.2. The molecule has 0 radical (unpaired) electrons. The van der Waals surface area contributed by atoms with Gasteiger partial charge in [0.2, 0.25) is 5.78 Å². The maximum Gasteiger partial charge on any atom is 0.201 e. The van der Waals surface area contributed by atoms with Gasteiger partial charge in [0.15, 0.2) is 6.61 Å². The molecule has 4 nitrogen and oxygen atoms in total. The van der Waals surface area contributed by atoms with Gasteiger partial charge in [0.05, 0.1) is 6.61 Å². The van der Waals surface area contributed by atoms with Crippen LogP contribution in [0.25, 0.3) is 0 Å². The van der Waals surface area contributed by atoms with E-state index in [-0.39, 0.29) is 12.4 Å². The van der Waals surface area contributed by atoms with Gasteiger partial charge in [-0.05, 0) is 36.8 Å². The third-order valence-corrected chi connectivity index (χ3v) is 2.82. The van der Waals surface area contributed by atoms with Gasteiger partial charge in [0.25, 0.3) is 0 Å². The van der Waals surface area contributed by atoms with Gasteiger partial charge in [-0.1, -0.05) is 6.92 Å². The minimum Gasteiger partial charge on any atom is -0.494 e. The van der Waals surface area contributed by atoms with E-state index in [0.29, 0.717) is 17.9 Å². The number of carbonyl (C=O) groups excluding carboxylic acids is 1. The van der Waals surface area contributed by atoms with Crippen molar-refractivity contribution >= 4 is 5.78 Å². The first kappa shape index (κ1) is 14.2. The van der Waals surface area contributed by atoms with Crippen LogP contribution in [-0.4, -0.2) is 23.6 Å². The van der Waals surface area contributed by atoms with E-state index in [4.69, 9.17) is 9.47 Å². The molecule has 4 heteroatoms. The van der Waals surface area contributed by atoms with E-state index in [1.54, 1.807) is 12.3 Å². The average Bonchev–Trinajstić information content (AvgIpc) is 2.90. The third kappa shape index (κ3) is 3.88. The highest BCUT2D eigenvalue weighted by molar-refractivity contribution is 5.97. The van der Waals surface area contributed by atoms with Crippen LogP contribution in [0.4, 0.5) is 0 Å². The van der Waals surface area contributed by atoms with Crippen molar-refractivity contribution in [2.75, 3.05) is 13.2 Å². The van der Waals surface area contributed by atoms with Crippen molar-refractivity contribution in [2.24, 2.45) is 7.05 Å². The summed E-state index contributed by atoms with van der Waals surface area (Å²) >= 11 is 0. The minimum absolute atomic E-state index is 0.0306. The van der Waals surface area contributed by atoms with Crippen LogP contribution in [0.15, 0.2) is 42.7 Å². The number of carbonyl (C=O) groups is 1. The van der Waals surface area contributed by atoms with Crippen LogP contribution in [-0.2, 0) is 7.05 Å². The predicted octanol–water partition coefficient (Wildman–Crippen LogP) is 3.08. The molecule has 20 heavy (non-hydrogen) atoms. The molecule has 0 fully saturated rings. The van der Waals surface area contributed by atoms with Gasteiger partial charge in [-0.2, -0.15) is 0 Å². The molecule has 0 spiro atoms. The summed E-state index contributed by atoms with van der Waals surface area (Å²) in [7, 11) is 1.88. The van der Waals surface area contributed by atoms with Crippen molar-refractivity contribution in [1.82, 2.24) is 4.57 Å². The number of rotatable bonds is 7. The molecule has 0 amide bonds. The van der Waals surface area contributed by atoms with Crippen molar-refractivity contribution in [3.05, 3.63) is 48.3 Å². The topological polar surface area (TPSA) is 40.5 Å². The number of aromatic nitrogens is 1. The Morgan fingerprint density at radius 1 is 1.10 bits per heavy atom. The van der Waals surface area contributed by atoms with Crippen molar-refractivity contribution < 1.29 is 14.3 Å². The van der Waals surface area contributed by atoms with Gasteiger partial charge in [-0.15, -0.1) is 0 Å². The standard InChI is InChI=1S/C16H19NO3/c1-3-10-19-14-4-6-15(7-5-14)20-12-16(18)13-8-9-17(2)11-13/h4-9,11H,3,10,12H2,1-2H3. The quantitative estimate of drug-likeness (QED) is 0.728. The lowest BCUT2D eigenvalue weighted by Crippen LogP contribution is -2.10. The number of nitrogens with zero attached hydrogens (tertiary/aromatic N) is 1. The zero-order valence-electron chi connectivity index (χ0n) is 11.8. The van der Waals surface area contributed by atoms with E-state index in [0.717, 1.165) is 12.2 Å². The summed E-state index contributed by atoms with van der Waals surface area (Å²) in [6.07, 6.45) is 4.60. The lowest BCUT2D eigenvalue weighted by molar-refractivity contribution is 0.0921. The third-order valence-electron chi connectivity index (χ3n) is 2.82. The molecular formula is C16H19NO3. The van der Waals surface area contributed by atoms with Crippen molar-refractivity contribution in [1.29, 1.82) is 0 Å². The molecule has 0 atom stereocenters. The second kappa shape index (κ2) is 6.80. The highest BCUT2D eigenvalue weighted by Crippen LogP contribution is 2.18. The summed E-state index contributed by atoms with van der Waals surface area (Å²) in [5.41, 5.74) is 0.662. The first-order valence-corrected chi connectivity index (χ1v) is 6.70. The van der Waals surface area contributed by atoms with Crippen molar-refractivity contribution in [3.63, 3.8) is 0 Å². The molecule has 0 unspecified atom stereocenters. The van der Waals surface area contributed by atoms with Gasteiger partial charge in [0, 0.05) is 25.0 Å². The van der Waals surface area contributed by atoms with Crippen LogP contribution >= 0.6 is 0 Å². The maximum atomic E-state index is 11.9. The molecular weight excluding hydrogens is 254 g/mol. The molecule has 1 heterocycles. The summed E-state index contributed by atoms with van der Waals surface area (Å²) in [6.45, 7) is 2.80. The molecule has 0 bridgehead atoms. The fraction of sp³-hybridized carbons (Fsp3) is 0.312. The molecule has 106 valence electrons. The zero-order chi connectivity index (χ0) is 14.4. The Labute approximate surface area is 118 Å². The van der Waals surface area contributed by atoms with Crippen LogP contribution in [0.2, 0.25) is 0 Å². The predicted molar refractivity (Wildman–Crippen MR) is 77.5 cm³/mol. The number of ketones is 1. The summed E-state index contributed by atoms with van der Waals surface area (Å²) in [6, 6.07) is 9.09. The monoisotopic (exact) mass is 273 g/mol. The number of benzene rings is 1. The molecule has 0 saturated heterocycles. The Morgan fingerprint density at radius 3 is 2.30 bits per heavy atom. The Balaban J connectivity index is 1.86. The second-order valence-corrected chi connectivity index (χ2v) is 4.60. The highest BCUT2D eigenvalue weighted by Gasteiger charge is 2.07. The minimum atomic E-state index is -0.0306. The Bertz CT molecular complexity index is 557. The van der Waals surface area contributed by atoms with Gasteiger partial charge >= 0.3 is 0 Å². The molecule has 2 rings (SSSR count). The molecule has 1 aromatic heterocycles. The SMILES string of the molecule is CCCOc1ccc(OCC(=O)c2ccn(C)c2)cc1. The fourth-order valence-corrected chi connectivity index (χ4v) is 1.75. The van der Waals surface area contributed by atoms with Crippen LogP contribution in [0.1, 0.15) is 23.7 Å². The van der Waals surface area contributed by atoms with Crippen LogP contribution < -0.4 is 9.47 Å². The first-order valence-electron chi connectivity index (χ1n) is 6.70. The number of hydrogen-bond acceptors (Lipinski definition) is 3. The zero-order valence-corrected chi connectivity index (χ0v) is 11.8. The maximum absolute atomic E-state index is 11.9. The van der Waals surface area contributed by atoms with Crippen molar-refractivity contribution in [3.8, 4) is 11.5 Å². The number of hydrogen-bond donors (Lipinski definition) is 0. The van der Waals surface area contributed by atoms with Crippen molar-refractivity contribution in [2.45, 2.75) is 13.3 Å². The largest absolute Gasteiger partial charge is 0.494 e. The van der Waals surface area contributed by atoms with Gasteiger partial charge < -0.3 is 14.0 Å². The normalized spacial score (nSPS) is 10.3. The Hall–Kier alpha value is -2.23. The van der Waals surface area contributed by atoms with Crippen LogP contribution in [0, 0.1) is 0 Å². The average molecular weight is 273 g/mol. The summed E-state index contributed by atoms with van der Waals surface area (Å²) < 4.78 is 12.8. The fourth-order valence-electron chi connectivity index (χ4n) is 1.75. The van der Waals surface area contributed by atoms with E-state index in [2.05, 4.69) is 6.92 Å². The number of ether oxygens (including phenoxy) is 2. The van der Waals surface area contributed by atoms with E-state index in [1.165, 1.54) is 0 Å². The molecule has 0 saturated carbocycles. The summed E-state index contributed by atoms with van der Waals surface area (Å²) in [5.74, 6) is 1.45. The molecule has 1 aromatic carbocycles. The van der Waals surface area contributed by atoms with E-state index < -0.39 is 0 Å². The Kier molecular flexibility index (Phi) is 4.82. The number of Topliss-reactive ketones (excluding diaryl/α,β-unsaturated/α-hetero) is 1. The summed E-state index contributed by atoms with van der Waals surface area (Å²) in [4.78, 5) is 11.9. The molecule has 2 aromatic rings. The molecule has 0 aliphatic heterocycles. The molecule has 0 N–H and O–H groups in total. The van der Waals surface area contributed by atoms with E-state index in [9.17, 15) is 4.79 Å². The summed E-state index contributed by atoms with van der Waals surface area (Å²) in [5, 5.41) is 0. The van der Waals surface area contributed by atoms with E-state index in [1.807, 2.05) is 42.1 Å². The highest BCUT2D eigenvalue weighted by atomic mass is 16.5. The second-order valence-electron chi connectivity index (χ2n) is 4.60.